The summed E-state index contributed by atoms with van der Waals surface area (Å²) in [5, 5.41) is 9.22. The Labute approximate surface area is 183 Å². The van der Waals surface area contributed by atoms with Crippen molar-refractivity contribution in [3.63, 3.8) is 0 Å². The van der Waals surface area contributed by atoms with Crippen molar-refractivity contribution in [3.05, 3.63) is 88.5 Å². The number of hydrogen-bond donors (Lipinski definition) is 3. The van der Waals surface area contributed by atoms with Crippen molar-refractivity contribution in [3.8, 4) is 11.5 Å². The lowest BCUT2D eigenvalue weighted by Crippen LogP contribution is -2.12. The van der Waals surface area contributed by atoms with Crippen LogP contribution in [-0.4, -0.2) is 17.6 Å². The van der Waals surface area contributed by atoms with Gasteiger partial charge in [-0.2, -0.15) is 0 Å². The minimum atomic E-state index is -0.350. The SMILES string of the molecule is Cc1cc(O)cc(N)c1CCC(N)=O.c1ccc(Cc2ccc3c(c2)CCCO3)cc1. The summed E-state index contributed by atoms with van der Waals surface area (Å²) in [4.78, 5) is 10.6. The van der Waals surface area contributed by atoms with E-state index < -0.39 is 0 Å². The number of hydrogen-bond acceptors (Lipinski definition) is 4. The van der Waals surface area contributed by atoms with Gasteiger partial charge in [0.2, 0.25) is 5.91 Å². The molecule has 5 heteroatoms. The quantitative estimate of drug-likeness (QED) is 0.538. The van der Waals surface area contributed by atoms with Gasteiger partial charge in [0.1, 0.15) is 11.5 Å². The summed E-state index contributed by atoms with van der Waals surface area (Å²) in [6.07, 6.45) is 4.09. The molecular weight excluding hydrogens is 388 g/mol. The van der Waals surface area contributed by atoms with Crippen molar-refractivity contribution in [1.29, 1.82) is 0 Å². The van der Waals surface area contributed by atoms with Crippen molar-refractivity contribution in [2.45, 2.75) is 39.0 Å². The number of nitrogen functional groups attached to an aromatic ring is 1. The molecule has 162 valence electrons. The number of rotatable bonds is 5. The number of nitrogens with two attached hydrogens (primary N) is 2. The number of benzene rings is 3. The van der Waals surface area contributed by atoms with Crippen molar-refractivity contribution < 1.29 is 14.6 Å². The van der Waals surface area contributed by atoms with E-state index in [0.717, 1.165) is 42.7 Å². The molecule has 0 saturated heterocycles. The number of primary amides is 1. The van der Waals surface area contributed by atoms with Crippen LogP contribution in [0.1, 0.15) is 40.7 Å². The highest BCUT2D eigenvalue weighted by molar-refractivity contribution is 5.74. The lowest BCUT2D eigenvalue weighted by Gasteiger charge is -2.17. The molecule has 4 rings (SSSR count). The Morgan fingerprint density at radius 2 is 1.84 bits per heavy atom. The fourth-order valence-corrected chi connectivity index (χ4v) is 3.77. The summed E-state index contributed by atoms with van der Waals surface area (Å²) in [6.45, 7) is 2.71. The molecule has 0 unspecified atom stereocenters. The highest BCUT2D eigenvalue weighted by atomic mass is 16.5. The zero-order valence-electron chi connectivity index (χ0n) is 17.9. The molecule has 1 aliphatic heterocycles. The Kier molecular flexibility index (Phi) is 7.55. The second-order valence-corrected chi connectivity index (χ2v) is 7.85. The molecule has 0 aliphatic carbocycles. The zero-order chi connectivity index (χ0) is 22.2. The maximum atomic E-state index is 10.6. The molecule has 1 heterocycles. The van der Waals surface area contributed by atoms with Crippen molar-refractivity contribution >= 4 is 11.6 Å². The second kappa shape index (κ2) is 10.5. The van der Waals surface area contributed by atoms with Crippen molar-refractivity contribution in [2.75, 3.05) is 12.3 Å². The van der Waals surface area contributed by atoms with Crippen LogP contribution >= 0.6 is 0 Å². The first-order valence-electron chi connectivity index (χ1n) is 10.6. The Morgan fingerprint density at radius 1 is 1.06 bits per heavy atom. The third-order valence-corrected chi connectivity index (χ3v) is 5.34. The maximum absolute atomic E-state index is 10.6. The Hall–Kier alpha value is -3.47. The molecule has 0 aromatic heterocycles. The molecule has 3 aromatic rings. The Bertz CT molecular complexity index is 1010. The number of carbonyl (C=O) groups is 1. The van der Waals surface area contributed by atoms with E-state index in [0.29, 0.717) is 12.1 Å². The predicted octanol–water partition coefficient (Wildman–Crippen LogP) is 4.30. The molecule has 5 N–H and O–H groups in total. The highest BCUT2D eigenvalue weighted by Crippen LogP contribution is 2.26. The molecule has 0 bridgehead atoms. The monoisotopic (exact) mass is 418 g/mol. The third kappa shape index (κ3) is 6.51. The van der Waals surface area contributed by atoms with Gasteiger partial charge < -0.3 is 21.3 Å². The van der Waals surface area contributed by atoms with Gasteiger partial charge in [0.05, 0.1) is 6.61 Å². The van der Waals surface area contributed by atoms with Gasteiger partial charge in [0.25, 0.3) is 0 Å². The summed E-state index contributed by atoms with van der Waals surface area (Å²) in [5.41, 5.74) is 17.1. The van der Waals surface area contributed by atoms with Crippen LogP contribution in [0.25, 0.3) is 0 Å². The molecular formula is C26H30N2O3. The summed E-state index contributed by atoms with van der Waals surface area (Å²) in [6, 6.07) is 20.3. The molecule has 0 spiro atoms. The average Bonchev–Trinajstić information content (AvgIpc) is 2.74. The average molecular weight is 419 g/mol. The third-order valence-electron chi connectivity index (χ3n) is 5.34. The summed E-state index contributed by atoms with van der Waals surface area (Å²) in [7, 11) is 0. The summed E-state index contributed by atoms with van der Waals surface area (Å²) < 4.78 is 5.63. The second-order valence-electron chi connectivity index (χ2n) is 7.85. The van der Waals surface area contributed by atoms with Crippen LogP contribution < -0.4 is 16.2 Å². The van der Waals surface area contributed by atoms with Crippen molar-refractivity contribution in [1.82, 2.24) is 0 Å². The van der Waals surface area contributed by atoms with E-state index in [4.69, 9.17) is 16.2 Å². The van der Waals surface area contributed by atoms with Gasteiger partial charge in [-0.25, -0.2) is 0 Å². The fraction of sp³-hybridized carbons (Fsp3) is 0.269. The van der Waals surface area contributed by atoms with E-state index in [2.05, 4.69) is 48.5 Å². The van der Waals surface area contributed by atoms with E-state index in [1.807, 2.05) is 6.92 Å². The molecule has 1 amide bonds. The largest absolute Gasteiger partial charge is 0.508 e. The van der Waals surface area contributed by atoms with Crippen LogP contribution in [0.5, 0.6) is 11.5 Å². The first kappa shape index (κ1) is 22.2. The van der Waals surface area contributed by atoms with E-state index >= 15 is 0 Å². The van der Waals surface area contributed by atoms with E-state index in [-0.39, 0.29) is 18.1 Å². The number of phenolic OH excluding ortho intramolecular Hbond substituents is 1. The van der Waals surface area contributed by atoms with Crippen molar-refractivity contribution in [2.24, 2.45) is 5.73 Å². The number of carbonyl (C=O) groups excluding carboxylic acids is 1. The molecule has 0 radical (unpaired) electrons. The van der Waals surface area contributed by atoms with Gasteiger partial charge in [-0.15, -0.1) is 0 Å². The molecule has 0 saturated carbocycles. The molecule has 31 heavy (non-hydrogen) atoms. The molecule has 0 fully saturated rings. The topological polar surface area (TPSA) is 98.6 Å². The number of aromatic hydroxyl groups is 1. The minimum absolute atomic E-state index is 0.142. The van der Waals surface area contributed by atoms with E-state index in [1.165, 1.54) is 22.8 Å². The first-order chi connectivity index (χ1) is 14.9. The zero-order valence-corrected chi connectivity index (χ0v) is 17.9. The highest BCUT2D eigenvalue weighted by Gasteiger charge is 2.10. The smallest absolute Gasteiger partial charge is 0.217 e. The number of fused-ring (bicyclic) bond motifs is 1. The van der Waals surface area contributed by atoms with E-state index in [1.54, 1.807) is 6.07 Å². The molecule has 5 nitrogen and oxygen atoms in total. The van der Waals surface area contributed by atoms with Gasteiger partial charge in [-0.1, -0.05) is 42.5 Å². The molecule has 1 aliphatic rings. The Balaban J connectivity index is 0.000000180. The number of anilines is 1. The summed E-state index contributed by atoms with van der Waals surface area (Å²) in [5.74, 6) is 0.868. The first-order valence-corrected chi connectivity index (χ1v) is 10.6. The van der Waals surface area contributed by atoms with Gasteiger partial charge in [-0.3, -0.25) is 4.79 Å². The van der Waals surface area contributed by atoms with Gasteiger partial charge in [-0.05, 0) is 72.6 Å². The standard InChI is InChI=1S/C16H16O.C10H14N2O2/c1-2-5-13(6-3-1)11-14-8-9-16-15(12-14)7-4-10-17-16;1-6-4-7(13)5-9(11)8(6)2-3-10(12)14/h1-3,5-6,8-9,12H,4,7,10-11H2;4-5,13H,2-3,11H2,1H3,(H2,12,14). The number of ether oxygens (including phenoxy) is 1. The predicted molar refractivity (Wildman–Crippen MR) is 124 cm³/mol. The van der Waals surface area contributed by atoms with E-state index in [9.17, 15) is 9.90 Å². The lowest BCUT2D eigenvalue weighted by molar-refractivity contribution is -0.117. The van der Waals surface area contributed by atoms with Gasteiger partial charge >= 0.3 is 0 Å². The van der Waals surface area contributed by atoms with Crippen LogP contribution in [0.4, 0.5) is 5.69 Å². The summed E-state index contributed by atoms with van der Waals surface area (Å²) >= 11 is 0. The number of phenols is 1. The van der Waals surface area contributed by atoms with Crippen LogP contribution in [0.3, 0.4) is 0 Å². The maximum Gasteiger partial charge on any atom is 0.217 e. The van der Waals surface area contributed by atoms with Crippen LogP contribution in [0, 0.1) is 6.92 Å². The normalized spacial score (nSPS) is 12.2. The molecule has 0 atom stereocenters. The van der Waals surface area contributed by atoms with Crippen LogP contribution in [0.2, 0.25) is 0 Å². The van der Waals surface area contributed by atoms with Gasteiger partial charge in [0.15, 0.2) is 0 Å². The van der Waals surface area contributed by atoms with Crippen LogP contribution in [-0.2, 0) is 24.1 Å². The Morgan fingerprint density at radius 3 is 2.55 bits per heavy atom. The van der Waals surface area contributed by atoms with Gasteiger partial charge in [0, 0.05) is 18.2 Å². The lowest BCUT2D eigenvalue weighted by atomic mass is 9.99. The minimum Gasteiger partial charge on any atom is -0.508 e. The number of amides is 1. The van der Waals surface area contributed by atoms with Crippen LogP contribution in [0.15, 0.2) is 60.7 Å². The molecule has 3 aromatic carbocycles. The number of aryl methyl sites for hydroxylation is 2. The fourth-order valence-electron chi connectivity index (χ4n) is 3.77.